The topological polar surface area (TPSA) is 17.8 Å². The van der Waals surface area contributed by atoms with Crippen molar-refractivity contribution in [1.82, 2.24) is 9.55 Å². The maximum absolute atomic E-state index is 4.71. The zero-order chi connectivity index (χ0) is 13.5. The van der Waals surface area contributed by atoms with Crippen molar-refractivity contribution in [3.8, 4) is 0 Å². The number of rotatable bonds is 2. The molecule has 98 valence electrons. The molecule has 2 aromatic carbocycles. The van der Waals surface area contributed by atoms with Crippen LogP contribution in [0.1, 0.15) is 10.6 Å². The van der Waals surface area contributed by atoms with Crippen molar-refractivity contribution in [2.45, 2.75) is 13.5 Å². The van der Waals surface area contributed by atoms with Crippen molar-refractivity contribution in [1.29, 1.82) is 0 Å². The third kappa shape index (κ3) is 1.82. The van der Waals surface area contributed by atoms with E-state index in [1.165, 1.54) is 21.2 Å². The molecule has 0 aliphatic heterocycles. The summed E-state index contributed by atoms with van der Waals surface area (Å²) in [5, 5.41) is 2.49. The molecule has 20 heavy (non-hydrogen) atoms. The minimum atomic E-state index is 0.840. The first-order valence-electron chi connectivity index (χ1n) is 6.70. The molecule has 0 fully saturated rings. The number of aryl methyl sites for hydroxylation is 1. The SMILES string of the molecule is Cc1cccc2c1ccn2Cc1nc2ccccc2s1. The number of nitrogens with zero attached hydrogens (tertiary/aromatic N) is 2. The van der Waals surface area contributed by atoms with Crippen LogP contribution in [0, 0.1) is 6.92 Å². The third-order valence-electron chi connectivity index (χ3n) is 3.68. The minimum absolute atomic E-state index is 0.840. The Morgan fingerprint density at radius 3 is 2.85 bits per heavy atom. The van der Waals surface area contributed by atoms with Gasteiger partial charge >= 0.3 is 0 Å². The van der Waals surface area contributed by atoms with Crippen LogP contribution in [0.4, 0.5) is 0 Å². The van der Waals surface area contributed by atoms with Crippen molar-refractivity contribution in [3.05, 3.63) is 65.3 Å². The summed E-state index contributed by atoms with van der Waals surface area (Å²) in [4.78, 5) is 4.71. The summed E-state index contributed by atoms with van der Waals surface area (Å²) in [5.41, 5.74) is 3.70. The lowest BCUT2D eigenvalue weighted by Gasteiger charge is -2.03. The third-order valence-corrected chi connectivity index (χ3v) is 4.70. The van der Waals surface area contributed by atoms with Gasteiger partial charge in [-0.1, -0.05) is 24.3 Å². The van der Waals surface area contributed by atoms with E-state index in [1.54, 1.807) is 11.3 Å². The predicted octanol–water partition coefficient (Wildman–Crippen LogP) is 4.61. The number of benzene rings is 2. The van der Waals surface area contributed by atoms with Gasteiger partial charge in [0.25, 0.3) is 0 Å². The quantitative estimate of drug-likeness (QED) is 0.523. The molecule has 2 aromatic heterocycles. The first-order chi connectivity index (χ1) is 9.81. The Hall–Kier alpha value is -2.13. The molecule has 0 unspecified atom stereocenters. The second-order valence-corrected chi connectivity index (χ2v) is 6.14. The summed E-state index contributed by atoms with van der Waals surface area (Å²) >= 11 is 1.78. The lowest BCUT2D eigenvalue weighted by atomic mass is 10.1. The van der Waals surface area contributed by atoms with Gasteiger partial charge in [-0.25, -0.2) is 4.98 Å². The van der Waals surface area contributed by atoms with Crippen LogP contribution in [0.3, 0.4) is 0 Å². The average molecular weight is 278 g/mol. The maximum atomic E-state index is 4.71. The summed E-state index contributed by atoms with van der Waals surface area (Å²) < 4.78 is 3.54. The van der Waals surface area contributed by atoms with E-state index in [-0.39, 0.29) is 0 Å². The molecule has 4 aromatic rings. The molecule has 0 bridgehead atoms. The molecule has 0 aliphatic carbocycles. The molecular weight excluding hydrogens is 264 g/mol. The lowest BCUT2D eigenvalue weighted by molar-refractivity contribution is 0.830. The monoisotopic (exact) mass is 278 g/mol. The van der Waals surface area contributed by atoms with Crippen molar-refractivity contribution < 1.29 is 0 Å². The number of aromatic nitrogens is 2. The molecule has 0 radical (unpaired) electrons. The molecule has 3 heteroatoms. The van der Waals surface area contributed by atoms with Crippen LogP contribution in [0.2, 0.25) is 0 Å². The normalized spacial score (nSPS) is 11.4. The van der Waals surface area contributed by atoms with Gasteiger partial charge in [0.1, 0.15) is 5.01 Å². The molecule has 0 atom stereocenters. The smallest absolute Gasteiger partial charge is 0.114 e. The molecule has 0 aliphatic rings. The fourth-order valence-corrected chi connectivity index (χ4v) is 3.61. The molecule has 4 rings (SSSR count). The van der Waals surface area contributed by atoms with Crippen LogP contribution in [-0.2, 0) is 6.54 Å². The van der Waals surface area contributed by atoms with E-state index in [0.717, 1.165) is 17.1 Å². The number of hydrogen-bond donors (Lipinski definition) is 0. The summed E-state index contributed by atoms with van der Waals surface area (Å²) in [7, 11) is 0. The highest BCUT2D eigenvalue weighted by Crippen LogP contribution is 2.25. The number of hydrogen-bond acceptors (Lipinski definition) is 2. The fourth-order valence-electron chi connectivity index (χ4n) is 2.65. The Balaban J connectivity index is 1.78. The van der Waals surface area contributed by atoms with Crippen LogP contribution >= 0.6 is 11.3 Å². The molecule has 2 nitrogen and oxygen atoms in total. The Kier molecular flexibility index (Phi) is 2.60. The zero-order valence-corrected chi connectivity index (χ0v) is 12.0. The van der Waals surface area contributed by atoms with Crippen LogP contribution in [-0.4, -0.2) is 9.55 Å². The first kappa shape index (κ1) is 11.7. The van der Waals surface area contributed by atoms with Gasteiger partial charge in [0, 0.05) is 17.1 Å². The molecule has 0 spiro atoms. The first-order valence-corrected chi connectivity index (χ1v) is 7.52. The number of para-hydroxylation sites is 1. The van der Waals surface area contributed by atoms with Gasteiger partial charge < -0.3 is 4.57 Å². The van der Waals surface area contributed by atoms with Gasteiger partial charge in [-0.15, -0.1) is 11.3 Å². The Bertz CT molecular complexity index is 869. The Morgan fingerprint density at radius 2 is 1.95 bits per heavy atom. The molecule has 0 N–H and O–H groups in total. The number of fused-ring (bicyclic) bond motifs is 2. The van der Waals surface area contributed by atoms with E-state index in [2.05, 4.69) is 60.2 Å². The van der Waals surface area contributed by atoms with E-state index >= 15 is 0 Å². The van der Waals surface area contributed by atoms with Crippen LogP contribution < -0.4 is 0 Å². The van der Waals surface area contributed by atoms with Crippen molar-refractivity contribution in [3.63, 3.8) is 0 Å². The van der Waals surface area contributed by atoms with E-state index in [9.17, 15) is 0 Å². The Morgan fingerprint density at radius 1 is 1.05 bits per heavy atom. The summed E-state index contributed by atoms with van der Waals surface area (Å²) in [6.07, 6.45) is 2.16. The van der Waals surface area contributed by atoms with Gasteiger partial charge in [0.05, 0.1) is 16.8 Å². The summed E-state index contributed by atoms with van der Waals surface area (Å²) in [5.74, 6) is 0. The van der Waals surface area contributed by atoms with E-state index in [1.807, 2.05) is 6.07 Å². The van der Waals surface area contributed by atoms with Crippen molar-refractivity contribution in [2.24, 2.45) is 0 Å². The summed E-state index contributed by atoms with van der Waals surface area (Å²) in [6.45, 7) is 3.00. The summed E-state index contributed by atoms with van der Waals surface area (Å²) in [6, 6.07) is 17.0. The van der Waals surface area contributed by atoms with E-state index < -0.39 is 0 Å². The van der Waals surface area contributed by atoms with Crippen molar-refractivity contribution in [2.75, 3.05) is 0 Å². The Labute approximate surface area is 121 Å². The minimum Gasteiger partial charge on any atom is -0.341 e. The van der Waals surface area contributed by atoms with Gasteiger partial charge in [0.15, 0.2) is 0 Å². The molecule has 2 heterocycles. The van der Waals surface area contributed by atoms with Crippen LogP contribution in [0.25, 0.3) is 21.1 Å². The van der Waals surface area contributed by atoms with Gasteiger partial charge in [0.2, 0.25) is 0 Å². The van der Waals surface area contributed by atoms with Crippen LogP contribution in [0.5, 0.6) is 0 Å². The highest BCUT2D eigenvalue weighted by molar-refractivity contribution is 7.18. The highest BCUT2D eigenvalue weighted by atomic mass is 32.1. The van der Waals surface area contributed by atoms with Crippen molar-refractivity contribution >= 4 is 32.5 Å². The molecule has 0 saturated heterocycles. The van der Waals surface area contributed by atoms with Gasteiger partial charge in [-0.05, 0) is 36.8 Å². The fraction of sp³-hybridized carbons (Fsp3) is 0.118. The van der Waals surface area contributed by atoms with Crippen LogP contribution in [0.15, 0.2) is 54.7 Å². The molecule has 0 saturated carbocycles. The number of thiazole rings is 1. The maximum Gasteiger partial charge on any atom is 0.114 e. The standard InChI is InChI=1S/C17H14N2S/c1-12-5-4-7-15-13(12)9-10-19(15)11-17-18-14-6-2-3-8-16(14)20-17/h2-10H,11H2,1H3. The van der Waals surface area contributed by atoms with E-state index in [0.29, 0.717) is 0 Å². The van der Waals surface area contributed by atoms with Gasteiger partial charge in [-0.2, -0.15) is 0 Å². The van der Waals surface area contributed by atoms with E-state index in [4.69, 9.17) is 4.98 Å². The lowest BCUT2D eigenvalue weighted by Crippen LogP contribution is -1.96. The second kappa shape index (κ2) is 4.46. The molecular formula is C17H14N2S. The predicted molar refractivity (Wildman–Crippen MR) is 85.4 cm³/mol. The zero-order valence-electron chi connectivity index (χ0n) is 11.2. The van der Waals surface area contributed by atoms with Gasteiger partial charge in [-0.3, -0.25) is 0 Å². The molecule has 0 amide bonds. The second-order valence-electron chi connectivity index (χ2n) is 5.03. The largest absolute Gasteiger partial charge is 0.341 e. The average Bonchev–Trinajstić information content (AvgIpc) is 3.04. The highest BCUT2D eigenvalue weighted by Gasteiger charge is 2.07.